The van der Waals surface area contributed by atoms with Gasteiger partial charge in [0.1, 0.15) is 24.6 Å². The standard InChI is InChI=1S/C23H27F3O6/c24-23(25,26)15-6-5-7-17(12-15)30-14-16(27)10-11-19-18(20-13-21(19)32-31-20)8-3-1-2-4-9-22(28)29/h1,3,5-7,10-12,16,18-21,27H,2,4,8-9,13-14H2,(H,28,29)/t16-,18-,19-,20+,21-/m1/s1. The first kappa shape index (κ1) is 24.3. The molecule has 5 atom stereocenters. The lowest BCUT2D eigenvalue weighted by molar-refractivity contribution is -0.336. The molecular formula is C23H27F3O6. The maximum Gasteiger partial charge on any atom is 0.416 e. The van der Waals surface area contributed by atoms with Crippen molar-refractivity contribution < 1.29 is 42.7 Å². The first-order valence-corrected chi connectivity index (χ1v) is 10.6. The summed E-state index contributed by atoms with van der Waals surface area (Å²) in [5.74, 6) is -0.578. The summed E-state index contributed by atoms with van der Waals surface area (Å²) in [6.45, 7) is -0.176. The molecule has 32 heavy (non-hydrogen) atoms. The number of aliphatic carboxylic acids is 1. The van der Waals surface area contributed by atoms with Crippen LogP contribution in [0.5, 0.6) is 5.75 Å². The zero-order valence-corrected chi connectivity index (χ0v) is 17.4. The first-order chi connectivity index (χ1) is 15.2. The second-order valence-electron chi connectivity index (χ2n) is 8.03. The summed E-state index contributed by atoms with van der Waals surface area (Å²) in [4.78, 5) is 21.2. The van der Waals surface area contributed by atoms with E-state index < -0.39 is 23.8 Å². The zero-order valence-electron chi connectivity index (χ0n) is 17.4. The number of aliphatic hydroxyl groups excluding tert-OH is 1. The van der Waals surface area contributed by atoms with Crippen molar-refractivity contribution in [2.75, 3.05) is 6.61 Å². The smallest absolute Gasteiger partial charge is 0.416 e. The van der Waals surface area contributed by atoms with Gasteiger partial charge < -0.3 is 14.9 Å². The number of rotatable bonds is 11. The fourth-order valence-corrected chi connectivity index (χ4v) is 4.02. The molecule has 1 aromatic carbocycles. The van der Waals surface area contributed by atoms with Gasteiger partial charge in [-0.25, -0.2) is 9.78 Å². The van der Waals surface area contributed by atoms with Gasteiger partial charge in [-0.2, -0.15) is 13.2 Å². The first-order valence-electron chi connectivity index (χ1n) is 10.6. The van der Waals surface area contributed by atoms with Crippen LogP contribution in [-0.2, 0) is 20.7 Å². The van der Waals surface area contributed by atoms with Gasteiger partial charge in [0.05, 0.1) is 11.7 Å². The molecule has 3 rings (SSSR count). The summed E-state index contributed by atoms with van der Waals surface area (Å²) in [6.07, 6.45) is 4.73. The third-order valence-corrected chi connectivity index (χ3v) is 5.64. The van der Waals surface area contributed by atoms with Crippen molar-refractivity contribution in [1.29, 1.82) is 0 Å². The van der Waals surface area contributed by atoms with E-state index in [1.807, 2.05) is 18.2 Å². The molecule has 0 radical (unpaired) electrons. The minimum Gasteiger partial charge on any atom is -0.491 e. The van der Waals surface area contributed by atoms with Gasteiger partial charge in [0.2, 0.25) is 0 Å². The van der Waals surface area contributed by atoms with Gasteiger partial charge in [0.25, 0.3) is 0 Å². The van der Waals surface area contributed by atoms with Crippen LogP contribution in [0.25, 0.3) is 0 Å². The average molecular weight is 456 g/mol. The van der Waals surface area contributed by atoms with Gasteiger partial charge in [-0.15, -0.1) is 0 Å². The van der Waals surface area contributed by atoms with E-state index in [1.54, 1.807) is 6.08 Å². The molecule has 2 fully saturated rings. The van der Waals surface area contributed by atoms with Crippen LogP contribution in [0.1, 0.15) is 37.7 Å². The van der Waals surface area contributed by atoms with Crippen LogP contribution in [-0.4, -0.2) is 41.1 Å². The fraction of sp³-hybridized carbons (Fsp3) is 0.522. The van der Waals surface area contributed by atoms with Gasteiger partial charge >= 0.3 is 12.1 Å². The monoisotopic (exact) mass is 456 g/mol. The molecule has 1 aliphatic heterocycles. The number of hydrogen-bond donors (Lipinski definition) is 2. The van der Waals surface area contributed by atoms with Crippen molar-refractivity contribution in [3.63, 3.8) is 0 Å². The molecule has 0 unspecified atom stereocenters. The normalized spacial score (nSPS) is 26.2. The van der Waals surface area contributed by atoms with E-state index in [0.717, 1.165) is 25.0 Å². The van der Waals surface area contributed by atoms with E-state index >= 15 is 0 Å². The van der Waals surface area contributed by atoms with Crippen molar-refractivity contribution in [1.82, 2.24) is 0 Å². The number of alkyl halides is 3. The van der Waals surface area contributed by atoms with E-state index in [0.29, 0.717) is 12.8 Å². The van der Waals surface area contributed by atoms with E-state index in [1.165, 1.54) is 12.1 Å². The Balaban J connectivity index is 1.49. The Labute approximate surface area is 184 Å². The third kappa shape index (κ3) is 6.82. The van der Waals surface area contributed by atoms with Gasteiger partial charge in [-0.3, -0.25) is 4.79 Å². The fourth-order valence-electron chi connectivity index (χ4n) is 4.02. The number of ether oxygens (including phenoxy) is 1. The molecule has 1 saturated carbocycles. The van der Waals surface area contributed by atoms with Crippen molar-refractivity contribution >= 4 is 5.97 Å². The summed E-state index contributed by atoms with van der Waals surface area (Å²) in [5, 5.41) is 18.9. The van der Waals surface area contributed by atoms with Crippen LogP contribution in [0.2, 0.25) is 0 Å². The Morgan fingerprint density at radius 3 is 2.78 bits per heavy atom. The number of allylic oxidation sites excluding steroid dienone is 2. The number of unbranched alkanes of at least 4 members (excludes halogenated alkanes) is 1. The lowest BCUT2D eigenvalue weighted by Gasteiger charge is -2.27. The highest BCUT2D eigenvalue weighted by Crippen LogP contribution is 2.44. The van der Waals surface area contributed by atoms with Gasteiger partial charge in [-0.1, -0.05) is 30.4 Å². The quantitative estimate of drug-likeness (QED) is 0.289. The number of carboxylic acids is 1. The molecule has 0 amide bonds. The molecule has 1 heterocycles. The van der Waals surface area contributed by atoms with Crippen LogP contribution >= 0.6 is 0 Å². The molecule has 0 spiro atoms. The van der Waals surface area contributed by atoms with E-state index in [-0.39, 0.29) is 42.8 Å². The Hall–Kier alpha value is -2.36. The molecule has 176 valence electrons. The van der Waals surface area contributed by atoms with Crippen molar-refractivity contribution in [3.05, 3.63) is 54.1 Å². The predicted octanol–water partition coefficient (Wildman–Crippen LogP) is 4.54. The molecule has 6 nitrogen and oxygen atoms in total. The molecular weight excluding hydrogens is 429 g/mol. The maximum absolute atomic E-state index is 12.8. The predicted molar refractivity (Wildman–Crippen MR) is 109 cm³/mol. The SMILES string of the molecule is O=C(O)CCCC=CC[C@@H]1[C@@H](C=C[C@@H](O)COc2cccc(C(F)(F)F)c2)[C@H]2C[C@@H]1OO2. The van der Waals surface area contributed by atoms with Gasteiger partial charge in [0, 0.05) is 24.7 Å². The van der Waals surface area contributed by atoms with Crippen molar-refractivity contribution in [3.8, 4) is 5.75 Å². The van der Waals surface area contributed by atoms with Crippen molar-refractivity contribution in [2.24, 2.45) is 11.8 Å². The van der Waals surface area contributed by atoms with E-state index in [2.05, 4.69) is 0 Å². The van der Waals surface area contributed by atoms with Crippen LogP contribution in [0.3, 0.4) is 0 Å². The molecule has 0 aromatic heterocycles. The molecule has 9 heteroatoms. The highest BCUT2D eigenvalue weighted by molar-refractivity contribution is 5.66. The minimum atomic E-state index is -4.46. The number of fused-ring (bicyclic) bond motifs is 2. The number of hydrogen-bond acceptors (Lipinski definition) is 5. The largest absolute Gasteiger partial charge is 0.491 e. The number of halogens is 3. The molecule has 2 bridgehead atoms. The lowest BCUT2D eigenvalue weighted by Crippen LogP contribution is -2.29. The summed E-state index contributed by atoms with van der Waals surface area (Å²) in [5.41, 5.74) is -0.807. The van der Waals surface area contributed by atoms with Crippen LogP contribution < -0.4 is 4.74 Å². The second kappa shape index (κ2) is 11.0. The average Bonchev–Trinajstić information content (AvgIpc) is 3.34. The summed E-state index contributed by atoms with van der Waals surface area (Å²) >= 11 is 0. The maximum atomic E-state index is 12.8. The highest BCUT2D eigenvalue weighted by atomic mass is 19.4. The molecule has 2 aliphatic rings. The Morgan fingerprint density at radius 1 is 1.25 bits per heavy atom. The number of benzene rings is 1. The van der Waals surface area contributed by atoms with Gasteiger partial charge in [-0.05, 0) is 37.5 Å². The van der Waals surface area contributed by atoms with E-state index in [4.69, 9.17) is 19.6 Å². The third-order valence-electron chi connectivity index (χ3n) is 5.64. The van der Waals surface area contributed by atoms with Crippen molar-refractivity contribution in [2.45, 2.75) is 56.6 Å². The Morgan fingerprint density at radius 2 is 2.03 bits per heavy atom. The number of aliphatic hydroxyl groups is 1. The summed E-state index contributed by atoms with van der Waals surface area (Å²) in [7, 11) is 0. The van der Waals surface area contributed by atoms with Crippen LogP contribution in [0.15, 0.2) is 48.6 Å². The Kier molecular flexibility index (Phi) is 8.33. The molecule has 1 aliphatic carbocycles. The number of carbonyl (C=O) groups is 1. The molecule has 2 N–H and O–H groups in total. The van der Waals surface area contributed by atoms with Crippen LogP contribution in [0.4, 0.5) is 13.2 Å². The molecule has 1 aromatic rings. The van der Waals surface area contributed by atoms with E-state index in [9.17, 15) is 23.1 Å². The molecule has 1 saturated heterocycles. The number of carboxylic acid groups (broad SMARTS) is 1. The Bertz CT molecular complexity index is 822. The lowest BCUT2D eigenvalue weighted by atomic mass is 9.89. The minimum absolute atomic E-state index is 0.0284. The zero-order chi connectivity index (χ0) is 23.1. The topological polar surface area (TPSA) is 85.2 Å². The summed E-state index contributed by atoms with van der Waals surface area (Å²) < 4.78 is 43.7. The second-order valence-corrected chi connectivity index (χ2v) is 8.03. The summed E-state index contributed by atoms with van der Waals surface area (Å²) in [6, 6.07) is 4.52. The van der Waals surface area contributed by atoms with Gasteiger partial charge in [0.15, 0.2) is 0 Å². The van der Waals surface area contributed by atoms with Crippen LogP contribution in [0, 0.1) is 11.8 Å². The highest BCUT2D eigenvalue weighted by Gasteiger charge is 2.49.